The molecule has 1 fully saturated rings. The molecule has 2 amide bonds. The van der Waals surface area contributed by atoms with Gasteiger partial charge in [-0.25, -0.2) is 13.1 Å². The maximum Gasteiger partial charge on any atom is 0.250 e. The number of thiophene rings is 1. The second kappa shape index (κ2) is 10.4. The van der Waals surface area contributed by atoms with Crippen LogP contribution in [0.15, 0.2) is 52.1 Å². The highest BCUT2D eigenvalue weighted by Gasteiger charge is 2.32. The van der Waals surface area contributed by atoms with Crippen molar-refractivity contribution in [3.63, 3.8) is 0 Å². The third-order valence-electron chi connectivity index (χ3n) is 5.35. The van der Waals surface area contributed by atoms with Gasteiger partial charge in [-0.2, -0.15) is 0 Å². The second-order valence-electron chi connectivity index (χ2n) is 8.10. The van der Waals surface area contributed by atoms with Gasteiger partial charge in [-0.1, -0.05) is 50.2 Å². The molecule has 0 saturated carbocycles. The van der Waals surface area contributed by atoms with E-state index < -0.39 is 16.1 Å². The van der Waals surface area contributed by atoms with Gasteiger partial charge in [0, 0.05) is 19.1 Å². The zero-order valence-corrected chi connectivity index (χ0v) is 19.4. The molecule has 9 heteroatoms. The van der Waals surface area contributed by atoms with Gasteiger partial charge in [0.2, 0.25) is 21.8 Å². The van der Waals surface area contributed by atoms with E-state index in [2.05, 4.69) is 10.0 Å². The first-order chi connectivity index (χ1) is 14.8. The molecule has 168 valence electrons. The van der Waals surface area contributed by atoms with E-state index in [-0.39, 0.29) is 30.2 Å². The third kappa shape index (κ3) is 6.38. The first-order valence-electron chi connectivity index (χ1n) is 10.4. The number of piperidine rings is 1. The Labute approximate surface area is 187 Å². The Bertz CT molecular complexity index is 967. The smallest absolute Gasteiger partial charge is 0.250 e. The van der Waals surface area contributed by atoms with Crippen molar-refractivity contribution in [3.05, 3.63) is 53.4 Å². The summed E-state index contributed by atoms with van der Waals surface area (Å²) in [6, 6.07) is 11.9. The molecule has 0 radical (unpaired) electrons. The summed E-state index contributed by atoms with van der Waals surface area (Å²) in [6.45, 7) is 4.73. The van der Waals surface area contributed by atoms with Crippen LogP contribution < -0.4 is 10.0 Å². The molecule has 3 rings (SSSR count). The molecule has 0 aliphatic carbocycles. The average Bonchev–Trinajstić information content (AvgIpc) is 3.28. The molecule has 2 heterocycles. The number of nitrogens with one attached hydrogen (secondary N) is 2. The van der Waals surface area contributed by atoms with Crippen LogP contribution in [0.3, 0.4) is 0 Å². The number of carbonyl (C=O) groups is 2. The second-order valence-corrected chi connectivity index (χ2v) is 11.0. The topological polar surface area (TPSA) is 95.6 Å². The van der Waals surface area contributed by atoms with Crippen molar-refractivity contribution in [2.75, 3.05) is 13.1 Å². The predicted molar refractivity (Wildman–Crippen MR) is 121 cm³/mol. The summed E-state index contributed by atoms with van der Waals surface area (Å²) in [4.78, 5) is 27.3. The lowest BCUT2D eigenvalue weighted by molar-refractivity contribution is -0.138. The van der Waals surface area contributed by atoms with Crippen LogP contribution in [0.4, 0.5) is 0 Å². The summed E-state index contributed by atoms with van der Waals surface area (Å²) in [5.41, 5.74) is 0.897. The molecule has 1 saturated heterocycles. The van der Waals surface area contributed by atoms with E-state index >= 15 is 0 Å². The summed E-state index contributed by atoms with van der Waals surface area (Å²) in [5.74, 6) is -0.352. The van der Waals surface area contributed by atoms with Crippen LogP contribution in [0.25, 0.3) is 0 Å². The number of sulfonamides is 1. The molecule has 1 aliphatic heterocycles. The highest BCUT2D eigenvalue weighted by molar-refractivity contribution is 7.91. The first kappa shape index (κ1) is 23.4. The number of rotatable bonds is 8. The zero-order valence-electron chi connectivity index (χ0n) is 17.8. The maximum absolute atomic E-state index is 13.1. The maximum atomic E-state index is 13.1. The molecule has 1 aromatic carbocycles. The van der Waals surface area contributed by atoms with Gasteiger partial charge in [-0.3, -0.25) is 9.59 Å². The molecule has 1 aliphatic rings. The summed E-state index contributed by atoms with van der Waals surface area (Å²) < 4.78 is 27.9. The molecule has 1 unspecified atom stereocenters. The van der Waals surface area contributed by atoms with Crippen molar-refractivity contribution in [2.24, 2.45) is 5.92 Å². The van der Waals surface area contributed by atoms with Gasteiger partial charge in [0.05, 0.1) is 6.42 Å². The minimum absolute atomic E-state index is 0.0534. The van der Waals surface area contributed by atoms with Gasteiger partial charge in [-0.15, -0.1) is 11.3 Å². The Morgan fingerprint density at radius 1 is 1.10 bits per heavy atom. The van der Waals surface area contributed by atoms with Gasteiger partial charge < -0.3 is 10.2 Å². The molecule has 1 atom stereocenters. The fourth-order valence-electron chi connectivity index (χ4n) is 3.63. The monoisotopic (exact) mass is 463 g/mol. The fraction of sp³-hybridized carbons (Fsp3) is 0.455. The standard InChI is InChI=1S/C22H29N3O4S2/c1-16(2)21(23-19(26)15-17-7-4-3-5-8-17)22(27)25-12-10-18(11-13-25)24-31(28,29)20-9-6-14-30-20/h3-9,14,16,18,21,24H,10-13,15H2,1-2H3,(H,23,26). The van der Waals surface area contributed by atoms with E-state index in [0.717, 1.165) is 5.56 Å². The first-order valence-corrected chi connectivity index (χ1v) is 12.8. The lowest BCUT2D eigenvalue weighted by Crippen LogP contribution is -2.54. The van der Waals surface area contributed by atoms with E-state index in [4.69, 9.17) is 0 Å². The number of hydrogen-bond acceptors (Lipinski definition) is 5. The Hall–Kier alpha value is -2.23. The van der Waals surface area contributed by atoms with Gasteiger partial charge in [0.1, 0.15) is 10.3 Å². The number of likely N-dealkylation sites (tertiary alicyclic amines) is 1. The van der Waals surface area contributed by atoms with E-state index in [1.807, 2.05) is 44.2 Å². The van der Waals surface area contributed by atoms with E-state index in [9.17, 15) is 18.0 Å². The molecule has 1 aromatic heterocycles. The molecule has 2 aromatic rings. The fourth-order valence-corrected chi connectivity index (χ4v) is 5.94. The SMILES string of the molecule is CC(C)C(NC(=O)Cc1ccccc1)C(=O)N1CCC(NS(=O)(=O)c2cccs2)CC1. The lowest BCUT2D eigenvalue weighted by atomic mass is 9.99. The number of hydrogen-bond donors (Lipinski definition) is 2. The highest BCUT2D eigenvalue weighted by atomic mass is 32.2. The summed E-state index contributed by atoms with van der Waals surface area (Å²) in [7, 11) is -3.52. The molecule has 0 bridgehead atoms. The van der Waals surface area contributed by atoms with Crippen molar-refractivity contribution in [2.45, 2.75) is 49.4 Å². The predicted octanol–water partition coefficient (Wildman–Crippen LogP) is 2.40. The average molecular weight is 464 g/mol. The number of benzene rings is 1. The third-order valence-corrected chi connectivity index (χ3v) is 8.26. The molecule has 0 spiro atoms. The minimum atomic E-state index is -3.52. The molecular weight excluding hydrogens is 434 g/mol. The van der Waals surface area contributed by atoms with E-state index in [1.165, 1.54) is 11.3 Å². The number of carbonyl (C=O) groups excluding carboxylic acids is 2. The largest absolute Gasteiger partial charge is 0.344 e. The molecule has 31 heavy (non-hydrogen) atoms. The summed E-state index contributed by atoms with van der Waals surface area (Å²) in [5, 5.41) is 4.62. The van der Waals surface area contributed by atoms with E-state index in [0.29, 0.717) is 30.1 Å². The Kier molecular flexibility index (Phi) is 7.85. The summed E-state index contributed by atoms with van der Waals surface area (Å²) >= 11 is 1.18. The van der Waals surface area contributed by atoms with Crippen LogP contribution in [-0.4, -0.2) is 50.3 Å². The quantitative estimate of drug-likeness (QED) is 0.628. The van der Waals surface area contributed by atoms with Gasteiger partial charge in [0.25, 0.3) is 0 Å². The highest BCUT2D eigenvalue weighted by Crippen LogP contribution is 2.20. The van der Waals surface area contributed by atoms with Crippen LogP contribution in [0.5, 0.6) is 0 Å². The van der Waals surface area contributed by atoms with E-state index in [1.54, 1.807) is 22.4 Å². The van der Waals surface area contributed by atoms with Crippen LogP contribution in [-0.2, 0) is 26.0 Å². The van der Waals surface area contributed by atoms with Crippen LogP contribution in [0.1, 0.15) is 32.3 Å². The molecular formula is C22H29N3O4S2. The zero-order chi connectivity index (χ0) is 22.4. The Balaban J connectivity index is 1.54. The van der Waals surface area contributed by atoms with Crippen molar-refractivity contribution in [3.8, 4) is 0 Å². The van der Waals surface area contributed by atoms with Crippen LogP contribution >= 0.6 is 11.3 Å². The molecule has 7 nitrogen and oxygen atoms in total. The van der Waals surface area contributed by atoms with Crippen molar-refractivity contribution >= 4 is 33.2 Å². The number of nitrogens with zero attached hydrogens (tertiary/aromatic N) is 1. The van der Waals surface area contributed by atoms with Crippen molar-refractivity contribution < 1.29 is 18.0 Å². The Morgan fingerprint density at radius 3 is 2.35 bits per heavy atom. The van der Waals surface area contributed by atoms with Crippen molar-refractivity contribution in [1.82, 2.24) is 14.9 Å². The van der Waals surface area contributed by atoms with Crippen molar-refractivity contribution in [1.29, 1.82) is 0 Å². The lowest BCUT2D eigenvalue weighted by Gasteiger charge is -2.35. The summed E-state index contributed by atoms with van der Waals surface area (Å²) in [6.07, 6.45) is 1.31. The Morgan fingerprint density at radius 2 is 1.77 bits per heavy atom. The normalized spacial score (nSPS) is 16.3. The van der Waals surface area contributed by atoms with Gasteiger partial charge >= 0.3 is 0 Å². The minimum Gasteiger partial charge on any atom is -0.344 e. The van der Waals surface area contributed by atoms with Gasteiger partial charge in [-0.05, 0) is 35.8 Å². The number of amides is 2. The molecule has 2 N–H and O–H groups in total. The van der Waals surface area contributed by atoms with Crippen LogP contribution in [0.2, 0.25) is 0 Å². The van der Waals surface area contributed by atoms with Crippen LogP contribution in [0, 0.1) is 5.92 Å². The van der Waals surface area contributed by atoms with Gasteiger partial charge in [0.15, 0.2) is 0 Å².